The average molecular weight is 439 g/mol. The fourth-order valence-electron chi connectivity index (χ4n) is 3.21. The molecule has 2 atom stereocenters. The fraction of sp³-hybridized carbons (Fsp3) is 0.450. The third-order valence-electron chi connectivity index (χ3n) is 4.79. The van der Waals surface area contributed by atoms with Gasteiger partial charge in [-0.2, -0.15) is 4.31 Å². The summed E-state index contributed by atoms with van der Waals surface area (Å²) >= 11 is 1.20. The standard InChI is InChI=1S/C20H26N2O5S2/c1-15(14-27-18-9-7-17(26-2)8-10-18)21-20(23)16-5-3-11-22(13-16)29(24,25)19-6-4-12-28-19/h4,6-10,12,15-16H,3,5,11,13-14H2,1-2H3,(H,21,23)/t15-,16-/m1/s1. The third-order valence-corrected chi connectivity index (χ3v) is 8.03. The van der Waals surface area contributed by atoms with Crippen LogP contribution in [0.1, 0.15) is 19.8 Å². The van der Waals surface area contributed by atoms with Crippen LogP contribution in [-0.2, 0) is 14.8 Å². The Balaban J connectivity index is 1.51. The Kier molecular flexibility index (Phi) is 7.15. The zero-order valence-electron chi connectivity index (χ0n) is 16.5. The molecule has 158 valence electrons. The minimum absolute atomic E-state index is 0.137. The molecule has 1 aliphatic heterocycles. The van der Waals surface area contributed by atoms with Crippen LogP contribution in [0.2, 0.25) is 0 Å². The fourth-order valence-corrected chi connectivity index (χ4v) is 5.88. The first-order chi connectivity index (χ1) is 13.9. The Hall–Kier alpha value is -2.10. The highest BCUT2D eigenvalue weighted by Gasteiger charge is 2.34. The van der Waals surface area contributed by atoms with Crippen LogP contribution in [0.15, 0.2) is 46.0 Å². The molecule has 7 nitrogen and oxygen atoms in total. The summed E-state index contributed by atoms with van der Waals surface area (Å²) in [5, 5.41) is 4.68. The molecule has 1 N–H and O–H groups in total. The van der Waals surface area contributed by atoms with Gasteiger partial charge in [-0.1, -0.05) is 6.07 Å². The lowest BCUT2D eigenvalue weighted by Gasteiger charge is -2.31. The first kappa shape index (κ1) is 21.6. The van der Waals surface area contributed by atoms with E-state index in [0.717, 1.165) is 5.75 Å². The van der Waals surface area contributed by atoms with Crippen LogP contribution in [0.25, 0.3) is 0 Å². The molecule has 29 heavy (non-hydrogen) atoms. The molecule has 1 aromatic heterocycles. The molecule has 2 aromatic rings. The van der Waals surface area contributed by atoms with Crippen LogP contribution in [0.5, 0.6) is 11.5 Å². The van der Waals surface area contributed by atoms with E-state index < -0.39 is 10.0 Å². The molecule has 2 heterocycles. The number of thiophene rings is 1. The van der Waals surface area contributed by atoms with E-state index in [1.807, 2.05) is 31.2 Å². The van der Waals surface area contributed by atoms with E-state index in [1.54, 1.807) is 24.6 Å². The molecule has 9 heteroatoms. The molecule has 0 radical (unpaired) electrons. The van der Waals surface area contributed by atoms with E-state index in [4.69, 9.17) is 9.47 Å². The smallest absolute Gasteiger partial charge is 0.252 e. The topological polar surface area (TPSA) is 84.9 Å². The van der Waals surface area contributed by atoms with Gasteiger partial charge in [0.1, 0.15) is 22.3 Å². The minimum atomic E-state index is -3.53. The van der Waals surface area contributed by atoms with Gasteiger partial charge in [0.2, 0.25) is 5.91 Å². The second-order valence-corrected chi connectivity index (χ2v) is 10.1. The van der Waals surface area contributed by atoms with Crippen LogP contribution in [-0.4, -0.2) is 51.5 Å². The first-order valence-corrected chi connectivity index (χ1v) is 11.8. The number of carbonyl (C=O) groups excluding carboxylic acids is 1. The van der Waals surface area contributed by atoms with Crippen molar-refractivity contribution in [3.05, 3.63) is 41.8 Å². The zero-order valence-corrected chi connectivity index (χ0v) is 18.2. The van der Waals surface area contributed by atoms with Crippen molar-refractivity contribution in [2.75, 3.05) is 26.8 Å². The highest BCUT2D eigenvalue weighted by atomic mass is 32.2. The van der Waals surface area contributed by atoms with E-state index in [0.29, 0.717) is 36.0 Å². The van der Waals surface area contributed by atoms with Gasteiger partial charge in [-0.15, -0.1) is 11.3 Å². The number of nitrogens with one attached hydrogen (secondary N) is 1. The summed E-state index contributed by atoms with van der Waals surface area (Å²) in [5.74, 6) is 0.944. The number of piperidine rings is 1. The second kappa shape index (κ2) is 9.60. The molecule has 0 saturated carbocycles. The molecule has 3 rings (SSSR count). The normalized spacial score (nSPS) is 18.8. The Morgan fingerprint density at radius 1 is 1.28 bits per heavy atom. The lowest BCUT2D eigenvalue weighted by atomic mass is 9.98. The maximum atomic E-state index is 12.7. The summed E-state index contributed by atoms with van der Waals surface area (Å²) in [6.07, 6.45) is 1.34. The SMILES string of the molecule is COc1ccc(OC[C@@H](C)NC(=O)[C@@H]2CCCN(S(=O)(=O)c3cccs3)C2)cc1. The van der Waals surface area contributed by atoms with Crippen molar-refractivity contribution >= 4 is 27.3 Å². The largest absolute Gasteiger partial charge is 0.497 e. The number of hydrogen-bond donors (Lipinski definition) is 1. The van der Waals surface area contributed by atoms with E-state index >= 15 is 0 Å². The molecular formula is C20H26N2O5S2. The van der Waals surface area contributed by atoms with Gasteiger partial charge < -0.3 is 14.8 Å². The highest BCUT2D eigenvalue weighted by Crippen LogP contribution is 2.26. The van der Waals surface area contributed by atoms with E-state index in [9.17, 15) is 13.2 Å². The number of benzene rings is 1. The predicted molar refractivity (Wildman–Crippen MR) is 112 cm³/mol. The molecule has 1 amide bonds. The predicted octanol–water partition coefficient (Wildman–Crippen LogP) is 2.74. The summed E-state index contributed by atoms with van der Waals surface area (Å²) in [5.41, 5.74) is 0. The van der Waals surface area contributed by atoms with Gasteiger partial charge in [0.15, 0.2) is 0 Å². The van der Waals surface area contributed by atoms with Gasteiger partial charge >= 0.3 is 0 Å². The van der Waals surface area contributed by atoms with Gasteiger partial charge in [0.05, 0.1) is 19.1 Å². The zero-order chi connectivity index (χ0) is 20.9. The maximum absolute atomic E-state index is 12.7. The first-order valence-electron chi connectivity index (χ1n) is 9.51. The van der Waals surface area contributed by atoms with Crippen molar-refractivity contribution < 1.29 is 22.7 Å². The quantitative estimate of drug-likeness (QED) is 0.685. The molecule has 0 aliphatic carbocycles. The number of rotatable bonds is 8. The van der Waals surface area contributed by atoms with Gasteiger partial charge in [-0.25, -0.2) is 8.42 Å². The Morgan fingerprint density at radius 3 is 2.66 bits per heavy atom. The monoisotopic (exact) mass is 438 g/mol. The molecule has 1 saturated heterocycles. The van der Waals surface area contributed by atoms with Gasteiger partial charge in [-0.3, -0.25) is 4.79 Å². The molecule has 0 spiro atoms. The van der Waals surface area contributed by atoms with E-state index in [1.165, 1.54) is 15.6 Å². The van der Waals surface area contributed by atoms with Gasteiger partial charge in [0, 0.05) is 13.1 Å². The number of amides is 1. The summed E-state index contributed by atoms with van der Waals surface area (Å²) in [7, 11) is -1.93. The van der Waals surface area contributed by atoms with Gasteiger partial charge in [0.25, 0.3) is 10.0 Å². The molecule has 0 bridgehead atoms. The van der Waals surface area contributed by atoms with Crippen LogP contribution in [0.3, 0.4) is 0 Å². The number of sulfonamides is 1. The minimum Gasteiger partial charge on any atom is -0.497 e. The Labute approximate surface area is 175 Å². The van der Waals surface area contributed by atoms with Crippen LogP contribution < -0.4 is 14.8 Å². The summed E-state index contributed by atoms with van der Waals surface area (Å²) < 4.78 is 38.0. The van der Waals surface area contributed by atoms with Crippen molar-refractivity contribution in [2.24, 2.45) is 5.92 Å². The Morgan fingerprint density at radius 2 is 2.00 bits per heavy atom. The molecule has 0 unspecified atom stereocenters. The van der Waals surface area contributed by atoms with Gasteiger partial charge in [-0.05, 0) is 55.5 Å². The number of ether oxygens (including phenoxy) is 2. The highest BCUT2D eigenvalue weighted by molar-refractivity contribution is 7.91. The number of methoxy groups -OCH3 is 1. The van der Waals surface area contributed by atoms with E-state index in [2.05, 4.69) is 5.32 Å². The van der Waals surface area contributed by atoms with Crippen LogP contribution in [0.4, 0.5) is 0 Å². The summed E-state index contributed by atoms with van der Waals surface area (Å²) in [4.78, 5) is 12.7. The van der Waals surface area contributed by atoms with Crippen LogP contribution >= 0.6 is 11.3 Å². The maximum Gasteiger partial charge on any atom is 0.252 e. The number of nitrogens with zero attached hydrogens (tertiary/aromatic N) is 1. The lowest BCUT2D eigenvalue weighted by molar-refractivity contribution is -0.126. The Bertz CT molecular complexity index is 897. The second-order valence-electron chi connectivity index (χ2n) is 7.03. The molecular weight excluding hydrogens is 412 g/mol. The van der Waals surface area contributed by atoms with Crippen molar-refractivity contribution in [3.8, 4) is 11.5 Å². The number of carbonyl (C=O) groups is 1. The van der Waals surface area contributed by atoms with Crippen molar-refractivity contribution in [1.29, 1.82) is 0 Å². The summed E-state index contributed by atoms with van der Waals surface area (Å²) in [6, 6.07) is 10.4. The molecule has 1 fully saturated rings. The molecule has 1 aliphatic rings. The van der Waals surface area contributed by atoms with Crippen LogP contribution in [0, 0.1) is 5.92 Å². The number of hydrogen-bond acceptors (Lipinski definition) is 6. The van der Waals surface area contributed by atoms with E-state index in [-0.39, 0.29) is 24.4 Å². The summed E-state index contributed by atoms with van der Waals surface area (Å²) in [6.45, 7) is 2.84. The third kappa shape index (κ3) is 5.49. The average Bonchev–Trinajstić information content (AvgIpc) is 3.28. The van der Waals surface area contributed by atoms with Crippen molar-refractivity contribution in [1.82, 2.24) is 9.62 Å². The van der Waals surface area contributed by atoms with Crippen molar-refractivity contribution in [2.45, 2.75) is 30.0 Å². The lowest BCUT2D eigenvalue weighted by Crippen LogP contribution is -2.47. The molecule has 1 aromatic carbocycles. The van der Waals surface area contributed by atoms with Crippen molar-refractivity contribution in [3.63, 3.8) is 0 Å².